The van der Waals surface area contributed by atoms with Gasteiger partial charge in [-0.2, -0.15) is 0 Å². The van der Waals surface area contributed by atoms with Gasteiger partial charge in [0, 0.05) is 19.0 Å². The molecule has 0 heterocycles. The molecule has 1 unspecified atom stereocenters. The van der Waals surface area contributed by atoms with Crippen molar-refractivity contribution in [1.29, 1.82) is 0 Å². The summed E-state index contributed by atoms with van der Waals surface area (Å²) in [7, 11) is 0. The Morgan fingerprint density at radius 3 is 2.56 bits per heavy atom. The lowest BCUT2D eigenvalue weighted by molar-refractivity contribution is -0.121. The minimum atomic E-state index is 0.188. The summed E-state index contributed by atoms with van der Waals surface area (Å²) in [4.78, 5) is 11.7. The molecule has 0 aromatic heterocycles. The Kier molecular flexibility index (Phi) is 7.33. The van der Waals surface area contributed by atoms with E-state index in [0.29, 0.717) is 6.42 Å². The van der Waals surface area contributed by atoms with Crippen LogP contribution in [0, 0.1) is 11.8 Å². The first kappa shape index (κ1) is 15.5. The molecule has 0 spiro atoms. The summed E-state index contributed by atoms with van der Waals surface area (Å²) in [5, 5.41) is 6.31. The first-order chi connectivity index (χ1) is 8.61. The van der Waals surface area contributed by atoms with E-state index in [0.717, 1.165) is 31.3 Å². The van der Waals surface area contributed by atoms with Gasteiger partial charge in [0.05, 0.1) is 0 Å². The largest absolute Gasteiger partial charge is 0.356 e. The molecule has 0 aromatic carbocycles. The monoisotopic (exact) mass is 254 g/mol. The van der Waals surface area contributed by atoms with Crippen molar-refractivity contribution < 1.29 is 4.79 Å². The van der Waals surface area contributed by atoms with Gasteiger partial charge >= 0.3 is 0 Å². The number of rotatable bonds is 7. The lowest BCUT2D eigenvalue weighted by Crippen LogP contribution is -2.34. The van der Waals surface area contributed by atoms with E-state index in [-0.39, 0.29) is 11.9 Å². The molecule has 0 aliphatic heterocycles. The van der Waals surface area contributed by atoms with Crippen LogP contribution in [0.3, 0.4) is 0 Å². The first-order valence-corrected chi connectivity index (χ1v) is 7.61. The summed E-state index contributed by atoms with van der Waals surface area (Å²) < 4.78 is 0. The van der Waals surface area contributed by atoms with Gasteiger partial charge in [-0.15, -0.1) is 0 Å². The maximum absolute atomic E-state index is 11.7. The van der Waals surface area contributed by atoms with Crippen LogP contribution in [0.15, 0.2) is 0 Å². The molecule has 2 N–H and O–H groups in total. The Bertz CT molecular complexity index is 235. The van der Waals surface area contributed by atoms with Crippen LogP contribution in [-0.2, 0) is 4.79 Å². The molecule has 3 heteroatoms. The normalized spacial score (nSPS) is 25.7. The molecule has 1 rings (SSSR count). The Morgan fingerprint density at radius 1 is 1.28 bits per heavy atom. The summed E-state index contributed by atoms with van der Waals surface area (Å²) in [5.74, 6) is 1.94. The van der Waals surface area contributed by atoms with Gasteiger partial charge in [-0.3, -0.25) is 4.79 Å². The van der Waals surface area contributed by atoms with Crippen molar-refractivity contribution in [1.82, 2.24) is 10.6 Å². The molecule has 106 valence electrons. The van der Waals surface area contributed by atoms with Gasteiger partial charge in [0.2, 0.25) is 5.91 Å². The number of amides is 1. The molecule has 1 amide bonds. The van der Waals surface area contributed by atoms with Crippen LogP contribution < -0.4 is 10.6 Å². The van der Waals surface area contributed by atoms with Crippen molar-refractivity contribution in [3.8, 4) is 0 Å². The lowest BCUT2D eigenvalue weighted by Gasteiger charge is -2.26. The average molecular weight is 254 g/mol. The third kappa shape index (κ3) is 6.39. The Hall–Kier alpha value is -0.570. The van der Waals surface area contributed by atoms with Crippen LogP contribution in [0.5, 0.6) is 0 Å². The fourth-order valence-corrected chi connectivity index (χ4v) is 2.80. The van der Waals surface area contributed by atoms with E-state index < -0.39 is 0 Å². The zero-order chi connectivity index (χ0) is 13.4. The highest BCUT2D eigenvalue weighted by atomic mass is 16.1. The van der Waals surface area contributed by atoms with E-state index in [2.05, 4.69) is 31.4 Å². The number of hydrogen-bond acceptors (Lipinski definition) is 2. The zero-order valence-electron chi connectivity index (χ0n) is 12.3. The minimum Gasteiger partial charge on any atom is -0.356 e. The molecular formula is C15H30N2O. The molecule has 3 nitrogen and oxygen atoms in total. The van der Waals surface area contributed by atoms with E-state index >= 15 is 0 Å². The molecule has 1 aliphatic rings. The van der Waals surface area contributed by atoms with Crippen molar-refractivity contribution in [2.45, 2.75) is 65.3 Å². The van der Waals surface area contributed by atoms with Gasteiger partial charge in [-0.05, 0) is 31.7 Å². The second kappa shape index (κ2) is 8.52. The first-order valence-electron chi connectivity index (χ1n) is 7.61. The average Bonchev–Trinajstić information content (AvgIpc) is 2.32. The van der Waals surface area contributed by atoms with Gasteiger partial charge in [0.25, 0.3) is 0 Å². The van der Waals surface area contributed by atoms with Crippen LogP contribution in [-0.4, -0.2) is 25.0 Å². The van der Waals surface area contributed by atoms with Crippen molar-refractivity contribution >= 4 is 5.91 Å². The van der Waals surface area contributed by atoms with E-state index in [1.165, 1.54) is 25.7 Å². The predicted molar refractivity (Wildman–Crippen MR) is 76.5 cm³/mol. The predicted octanol–water partition coefficient (Wildman–Crippen LogP) is 2.71. The number of carbonyl (C=O) groups excluding carboxylic acids is 1. The quantitative estimate of drug-likeness (QED) is 0.733. The van der Waals surface area contributed by atoms with Gasteiger partial charge in [0.15, 0.2) is 0 Å². The highest BCUT2D eigenvalue weighted by Crippen LogP contribution is 2.29. The van der Waals surface area contributed by atoms with E-state index in [1.54, 1.807) is 0 Å². The lowest BCUT2D eigenvalue weighted by atomic mass is 9.81. The SMILES string of the molecule is CCNC(C)CC(=O)NCCC1CCC(C)CC1. The van der Waals surface area contributed by atoms with E-state index in [4.69, 9.17) is 0 Å². The van der Waals surface area contributed by atoms with Gasteiger partial charge in [-0.1, -0.05) is 39.5 Å². The van der Waals surface area contributed by atoms with Gasteiger partial charge in [-0.25, -0.2) is 0 Å². The fraction of sp³-hybridized carbons (Fsp3) is 0.933. The number of carbonyl (C=O) groups is 1. The Morgan fingerprint density at radius 2 is 1.94 bits per heavy atom. The maximum Gasteiger partial charge on any atom is 0.221 e. The fourth-order valence-electron chi connectivity index (χ4n) is 2.80. The smallest absolute Gasteiger partial charge is 0.221 e. The summed E-state index contributed by atoms with van der Waals surface area (Å²) in [6.45, 7) is 8.26. The topological polar surface area (TPSA) is 41.1 Å². The summed E-state index contributed by atoms with van der Waals surface area (Å²) in [6.07, 6.45) is 7.20. The van der Waals surface area contributed by atoms with E-state index in [9.17, 15) is 4.79 Å². The van der Waals surface area contributed by atoms with Crippen LogP contribution >= 0.6 is 0 Å². The molecule has 1 aliphatic carbocycles. The number of nitrogens with one attached hydrogen (secondary N) is 2. The highest BCUT2D eigenvalue weighted by Gasteiger charge is 2.18. The maximum atomic E-state index is 11.7. The molecule has 1 fully saturated rings. The molecule has 1 atom stereocenters. The molecule has 0 radical (unpaired) electrons. The molecule has 18 heavy (non-hydrogen) atoms. The standard InChI is InChI=1S/C15H30N2O/c1-4-16-13(3)11-15(18)17-10-9-14-7-5-12(2)6-8-14/h12-14,16H,4-11H2,1-3H3,(H,17,18). The number of hydrogen-bond donors (Lipinski definition) is 2. The van der Waals surface area contributed by atoms with Crippen LogP contribution in [0.1, 0.15) is 59.3 Å². The third-order valence-corrected chi connectivity index (χ3v) is 4.05. The highest BCUT2D eigenvalue weighted by molar-refractivity contribution is 5.76. The summed E-state index contributed by atoms with van der Waals surface area (Å²) in [5.41, 5.74) is 0. The molecule has 0 saturated heterocycles. The van der Waals surface area contributed by atoms with Crippen molar-refractivity contribution in [3.05, 3.63) is 0 Å². The molecule has 1 saturated carbocycles. The minimum absolute atomic E-state index is 0.188. The van der Waals surface area contributed by atoms with Crippen LogP contribution in [0.4, 0.5) is 0 Å². The molecular weight excluding hydrogens is 224 g/mol. The van der Waals surface area contributed by atoms with Crippen molar-refractivity contribution in [2.24, 2.45) is 11.8 Å². The van der Waals surface area contributed by atoms with Gasteiger partial charge < -0.3 is 10.6 Å². The molecule has 0 bridgehead atoms. The van der Waals surface area contributed by atoms with Gasteiger partial charge in [0.1, 0.15) is 0 Å². The molecule has 0 aromatic rings. The Labute approximate surface area is 112 Å². The van der Waals surface area contributed by atoms with Crippen molar-refractivity contribution in [2.75, 3.05) is 13.1 Å². The second-order valence-electron chi connectivity index (χ2n) is 5.93. The second-order valence-corrected chi connectivity index (χ2v) is 5.93. The third-order valence-electron chi connectivity index (χ3n) is 4.05. The van der Waals surface area contributed by atoms with Crippen LogP contribution in [0.2, 0.25) is 0 Å². The Balaban J connectivity index is 2.04. The van der Waals surface area contributed by atoms with E-state index in [1.807, 2.05) is 0 Å². The zero-order valence-corrected chi connectivity index (χ0v) is 12.3. The summed E-state index contributed by atoms with van der Waals surface area (Å²) >= 11 is 0. The summed E-state index contributed by atoms with van der Waals surface area (Å²) in [6, 6.07) is 0.283. The van der Waals surface area contributed by atoms with Crippen LogP contribution in [0.25, 0.3) is 0 Å². The van der Waals surface area contributed by atoms with Crippen molar-refractivity contribution in [3.63, 3.8) is 0 Å².